The number of imidazole rings is 1. The van der Waals surface area contributed by atoms with Gasteiger partial charge in [-0.15, -0.1) is 0 Å². The van der Waals surface area contributed by atoms with Gasteiger partial charge in [0.2, 0.25) is 0 Å². The van der Waals surface area contributed by atoms with Crippen molar-refractivity contribution in [1.29, 1.82) is 0 Å². The minimum Gasteiger partial charge on any atom is -0.768 e. The van der Waals surface area contributed by atoms with Crippen LogP contribution in [0.1, 0.15) is 18.3 Å². The van der Waals surface area contributed by atoms with E-state index in [1.807, 2.05) is 26.4 Å². The fourth-order valence-corrected chi connectivity index (χ4v) is 1.80. The van der Waals surface area contributed by atoms with Gasteiger partial charge < -0.3 is 4.55 Å². The number of H-pyrrole nitrogens is 1. The lowest BCUT2D eigenvalue weighted by Gasteiger charge is -2.03. The Morgan fingerprint density at radius 1 is 1.33 bits per heavy atom. The Balaban J connectivity index is 0.000000184. The molecule has 2 aromatic rings. The van der Waals surface area contributed by atoms with Crippen LogP contribution in [0.15, 0.2) is 41.6 Å². The van der Waals surface area contributed by atoms with Crippen molar-refractivity contribution in [2.45, 2.75) is 25.2 Å². The van der Waals surface area contributed by atoms with Gasteiger partial charge in [-0.1, -0.05) is 24.6 Å². The third-order valence-electron chi connectivity index (χ3n) is 2.52. The summed E-state index contributed by atoms with van der Waals surface area (Å²) < 4.78 is 22.7. The predicted molar refractivity (Wildman–Crippen MR) is 69.7 cm³/mol. The quantitative estimate of drug-likeness (QED) is 0.663. The largest absolute Gasteiger partial charge is 0.768 e. The van der Waals surface area contributed by atoms with Crippen molar-refractivity contribution < 1.29 is 13.3 Å². The Hall–Kier alpha value is -1.46. The molecule has 0 amide bonds. The zero-order valence-corrected chi connectivity index (χ0v) is 11.7. The molecule has 1 atom stereocenters. The van der Waals surface area contributed by atoms with E-state index in [-0.39, 0.29) is 0 Å². The Bertz CT molecular complexity index is 506. The molecule has 1 aromatic carbocycles. The molecule has 0 radical (unpaired) electrons. The smallest absolute Gasteiger partial charge is 0.253 e. The van der Waals surface area contributed by atoms with Crippen LogP contribution in [0.4, 0.5) is 0 Å². The summed E-state index contributed by atoms with van der Waals surface area (Å²) in [6, 6.07) is 6.70. The van der Waals surface area contributed by atoms with Crippen LogP contribution in [0, 0.1) is 6.92 Å². The van der Waals surface area contributed by atoms with E-state index in [9.17, 15) is 8.76 Å². The second-order valence-electron chi connectivity index (χ2n) is 3.92. The third-order valence-corrected chi connectivity index (χ3v) is 3.18. The van der Waals surface area contributed by atoms with Crippen molar-refractivity contribution in [3.63, 3.8) is 0 Å². The fourth-order valence-electron chi connectivity index (χ4n) is 1.44. The van der Waals surface area contributed by atoms with Crippen LogP contribution >= 0.6 is 0 Å². The highest BCUT2D eigenvalue weighted by molar-refractivity contribution is 7.79. The molecule has 2 rings (SSSR count). The first-order chi connectivity index (χ1) is 8.54. The summed E-state index contributed by atoms with van der Waals surface area (Å²) in [5.41, 5.74) is 1.06. The average Bonchev–Trinajstić information content (AvgIpc) is 2.76. The van der Waals surface area contributed by atoms with Gasteiger partial charge in [0, 0.05) is 11.3 Å². The van der Waals surface area contributed by atoms with Crippen molar-refractivity contribution >= 4 is 11.1 Å². The lowest BCUT2D eigenvalue weighted by Crippen LogP contribution is -2.29. The summed E-state index contributed by atoms with van der Waals surface area (Å²) in [6.07, 6.45) is 5.03. The van der Waals surface area contributed by atoms with Crippen molar-refractivity contribution in [2.75, 3.05) is 0 Å². The van der Waals surface area contributed by atoms with Gasteiger partial charge in [0.1, 0.15) is 12.4 Å². The second kappa shape index (κ2) is 7.08. The number of aromatic amines is 1. The molecule has 0 aliphatic carbocycles. The summed E-state index contributed by atoms with van der Waals surface area (Å²) in [4.78, 5) is 3.46. The van der Waals surface area contributed by atoms with E-state index in [1.165, 1.54) is 5.82 Å². The third kappa shape index (κ3) is 4.43. The molecule has 1 heterocycles. The molecule has 5 heteroatoms. The van der Waals surface area contributed by atoms with Crippen LogP contribution in [-0.4, -0.2) is 13.7 Å². The molecule has 0 spiro atoms. The minimum atomic E-state index is -2.09. The van der Waals surface area contributed by atoms with E-state index >= 15 is 0 Å². The maximum absolute atomic E-state index is 10.3. The highest BCUT2D eigenvalue weighted by atomic mass is 32.2. The molecule has 0 saturated carbocycles. The molecule has 0 aliphatic rings. The van der Waals surface area contributed by atoms with Gasteiger partial charge in [-0.2, -0.15) is 0 Å². The van der Waals surface area contributed by atoms with Crippen LogP contribution in [0.5, 0.6) is 0 Å². The topological polar surface area (TPSA) is 59.8 Å². The molecule has 1 N–H and O–H groups in total. The summed E-state index contributed by atoms with van der Waals surface area (Å²) in [7, 11) is 2.04. The van der Waals surface area contributed by atoms with Crippen LogP contribution in [0.2, 0.25) is 0 Å². The lowest BCUT2D eigenvalue weighted by atomic mass is 10.2. The molecule has 18 heavy (non-hydrogen) atoms. The van der Waals surface area contributed by atoms with Crippen LogP contribution in [0.25, 0.3) is 0 Å². The van der Waals surface area contributed by atoms with Crippen LogP contribution < -0.4 is 4.57 Å². The van der Waals surface area contributed by atoms with Crippen LogP contribution in [-0.2, 0) is 24.5 Å². The molecule has 4 nitrogen and oxygen atoms in total. The van der Waals surface area contributed by atoms with Gasteiger partial charge in [-0.3, -0.25) is 4.21 Å². The normalized spacial score (nSPS) is 11.6. The molecule has 0 bridgehead atoms. The number of hydrogen-bond acceptors (Lipinski definition) is 2. The first-order valence-electron chi connectivity index (χ1n) is 5.72. The number of aromatic nitrogens is 2. The predicted octanol–water partition coefficient (Wildman–Crippen LogP) is 1.63. The molecular weight excluding hydrogens is 248 g/mol. The highest BCUT2D eigenvalue weighted by Gasteiger charge is 1.99. The highest BCUT2D eigenvalue weighted by Crippen LogP contribution is 2.05. The summed E-state index contributed by atoms with van der Waals surface area (Å²) in [6.45, 7) is 4.04. The zero-order valence-electron chi connectivity index (χ0n) is 10.8. The first kappa shape index (κ1) is 14.6. The lowest BCUT2D eigenvalue weighted by molar-refractivity contribution is -0.677. The molecule has 1 unspecified atom stereocenters. The average molecular weight is 266 g/mol. The van der Waals surface area contributed by atoms with Crippen molar-refractivity contribution in [2.24, 2.45) is 7.05 Å². The molecule has 0 aliphatic heterocycles. The Morgan fingerprint density at radius 3 is 2.28 bits per heavy atom. The van der Waals surface area contributed by atoms with Gasteiger partial charge in [0.15, 0.2) is 0 Å². The van der Waals surface area contributed by atoms with Gasteiger partial charge in [-0.25, -0.2) is 9.55 Å². The molecule has 0 fully saturated rings. The van der Waals surface area contributed by atoms with Crippen LogP contribution in [0.3, 0.4) is 0 Å². The van der Waals surface area contributed by atoms with E-state index in [1.54, 1.807) is 24.3 Å². The molecular formula is C13H18N2O2S. The van der Waals surface area contributed by atoms with E-state index in [4.69, 9.17) is 0 Å². The standard InChI is InChI=1S/C7H8O2S.C6H10N2/c1-6-2-4-7(5-3-6)10(8)9;1-3-6-7-4-5-8(6)2/h2-5H,1H3,(H,8,9);4-5H,3H2,1-2H3. The Labute approximate surface area is 110 Å². The summed E-state index contributed by atoms with van der Waals surface area (Å²) in [5.74, 6) is 1.27. The van der Waals surface area contributed by atoms with Gasteiger partial charge in [0.25, 0.3) is 5.82 Å². The van der Waals surface area contributed by atoms with Crippen molar-refractivity contribution in [1.82, 2.24) is 4.98 Å². The SMILES string of the molecule is CCc1[nH]cc[n+]1C.Cc1ccc(S(=O)[O-])cc1. The number of benzene rings is 1. The molecule has 0 saturated heterocycles. The maximum Gasteiger partial charge on any atom is 0.253 e. The van der Waals surface area contributed by atoms with Gasteiger partial charge >= 0.3 is 0 Å². The van der Waals surface area contributed by atoms with E-state index in [0.717, 1.165) is 12.0 Å². The zero-order chi connectivity index (χ0) is 13.5. The number of aryl methyl sites for hydroxylation is 3. The van der Waals surface area contributed by atoms with Gasteiger partial charge in [-0.05, 0) is 30.1 Å². The first-order valence-corrected chi connectivity index (χ1v) is 6.80. The summed E-state index contributed by atoms with van der Waals surface area (Å²) in [5, 5.41) is 0. The number of nitrogens with zero attached hydrogens (tertiary/aromatic N) is 1. The maximum atomic E-state index is 10.3. The summed E-state index contributed by atoms with van der Waals surface area (Å²) >= 11 is -2.09. The number of rotatable bonds is 2. The van der Waals surface area contributed by atoms with Crippen molar-refractivity contribution in [3.05, 3.63) is 48.0 Å². The Kier molecular flexibility index (Phi) is 5.74. The van der Waals surface area contributed by atoms with Gasteiger partial charge in [0.05, 0.1) is 7.05 Å². The fraction of sp³-hybridized carbons (Fsp3) is 0.308. The van der Waals surface area contributed by atoms with Crippen molar-refractivity contribution in [3.8, 4) is 0 Å². The Morgan fingerprint density at radius 2 is 1.94 bits per heavy atom. The molecule has 98 valence electrons. The minimum absolute atomic E-state index is 0.339. The molecule has 1 aromatic heterocycles. The second-order valence-corrected chi connectivity index (χ2v) is 4.86. The van der Waals surface area contributed by atoms with E-state index in [2.05, 4.69) is 16.5 Å². The van der Waals surface area contributed by atoms with E-state index < -0.39 is 11.1 Å². The monoisotopic (exact) mass is 266 g/mol. The number of nitrogens with one attached hydrogen (secondary N) is 1. The van der Waals surface area contributed by atoms with E-state index in [0.29, 0.717) is 4.90 Å². The number of hydrogen-bond donors (Lipinski definition) is 1.